The zero-order valence-electron chi connectivity index (χ0n) is 16.6. The van der Waals surface area contributed by atoms with Crippen molar-refractivity contribution in [3.8, 4) is 5.75 Å². The fourth-order valence-corrected chi connectivity index (χ4v) is 2.87. The number of pyridine rings is 1. The second-order valence-corrected chi connectivity index (χ2v) is 7.44. The molecule has 0 saturated carbocycles. The third kappa shape index (κ3) is 6.10. The number of rotatable bonds is 9. The van der Waals surface area contributed by atoms with Gasteiger partial charge in [0, 0.05) is 25.4 Å². The van der Waals surface area contributed by atoms with Crippen LogP contribution in [0.15, 0.2) is 77.7 Å². The van der Waals surface area contributed by atoms with E-state index >= 15 is 0 Å². The van der Waals surface area contributed by atoms with E-state index in [2.05, 4.69) is 55.6 Å². The molecule has 4 nitrogen and oxygen atoms in total. The van der Waals surface area contributed by atoms with E-state index in [1.807, 2.05) is 24.4 Å². The summed E-state index contributed by atoms with van der Waals surface area (Å²) in [6.07, 6.45) is 1.82. The van der Waals surface area contributed by atoms with Gasteiger partial charge >= 0.3 is 0 Å². The highest BCUT2D eigenvalue weighted by Crippen LogP contribution is 2.13. The smallest absolute Gasteiger partial charge is 0.250 e. The highest BCUT2D eigenvalue weighted by molar-refractivity contribution is 5.27. The average molecular weight is 377 g/mol. The standard InChI is InChI=1S/C24H28N2O2/c1-19(2)18-28-23-12-10-21(11-13-23)16-25-15-20-6-8-22(9-7-20)17-26-14-4-3-5-24(26)27/h3-14,19,25H,15-18H2,1-2H3. The maximum absolute atomic E-state index is 11.8. The Morgan fingerprint density at radius 3 is 2.07 bits per heavy atom. The van der Waals surface area contributed by atoms with Crippen LogP contribution in [0.5, 0.6) is 5.75 Å². The van der Waals surface area contributed by atoms with Crippen molar-refractivity contribution in [3.05, 3.63) is 100.0 Å². The molecule has 0 radical (unpaired) electrons. The number of nitrogens with zero attached hydrogens (tertiary/aromatic N) is 1. The van der Waals surface area contributed by atoms with Gasteiger partial charge in [-0.25, -0.2) is 0 Å². The number of benzene rings is 2. The first-order chi connectivity index (χ1) is 13.6. The number of hydrogen-bond acceptors (Lipinski definition) is 3. The van der Waals surface area contributed by atoms with Crippen molar-refractivity contribution in [1.82, 2.24) is 9.88 Å². The summed E-state index contributed by atoms with van der Waals surface area (Å²) in [5.74, 6) is 1.45. The minimum Gasteiger partial charge on any atom is -0.493 e. The van der Waals surface area contributed by atoms with Crippen molar-refractivity contribution < 1.29 is 4.74 Å². The van der Waals surface area contributed by atoms with E-state index in [0.29, 0.717) is 12.5 Å². The van der Waals surface area contributed by atoms with Gasteiger partial charge in [-0.3, -0.25) is 4.79 Å². The van der Waals surface area contributed by atoms with Crippen molar-refractivity contribution >= 4 is 0 Å². The van der Waals surface area contributed by atoms with E-state index in [9.17, 15) is 4.79 Å². The lowest BCUT2D eigenvalue weighted by atomic mass is 10.1. The minimum absolute atomic E-state index is 0.0221. The molecule has 1 aromatic heterocycles. The van der Waals surface area contributed by atoms with Crippen LogP contribution in [0.3, 0.4) is 0 Å². The molecule has 4 heteroatoms. The second-order valence-electron chi connectivity index (χ2n) is 7.44. The minimum atomic E-state index is 0.0221. The molecule has 0 aliphatic carbocycles. The van der Waals surface area contributed by atoms with Crippen LogP contribution < -0.4 is 15.6 Å². The molecule has 28 heavy (non-hydrogen) atoms. The van der Waals surface area contributed by atoms with Gasteiger partial charge in [0.05, 0.1) is 13.2 Å². The molecule has 1 N–H and O–H groups in total. The summed E-state index contributed by atoms with van der Waals surface area (Å²) < 4.78 is 7.43. The topological polar surface area (TPSA) is 43.3 Å². The van der Waals surface area contributed by atoms with E-state index in [-0.39, 0.29) is 5.56 Å². The number of hydrogen-bond donors (Lipinski definition) is 1. The molecule has 0 fully saturated rings. The summed E-state index contributed by atoms with van der Waals surface area (Å²) in [5.41, 5.74) is 3.60. The number of aromatic nitrogens is 1. The Labute approximate surface area is 166 Å². The van der Waals surface area contributed by atoms with Crippen LogP contribution in [0.2, 0.25) is 0 Å². The molecule has 0 atom stereocenters. The van der Waals surface area contributed by atoms with Crippen molar-refractivity contribution in [1.29, 1.82) is 0 Å². The Bertz CT molecular complexity index is 912. The van der Waals surface area contributed by atoms with E-state index in [1.165, 1.54) is 11.1 Å². The van der Waals surface area contributed by atoms with Gasteiger partial charge in [0.2, 0.25) is 0 Å². The van der Waals surface area contributed by atoms with Crippen molar-refractivity contribution in [3.63, 3.8) is 0 Å². The first-order valence-electron chi connectivity index (χ1n) is 9.76. The third-order valence-electron chi connectivity index (χ3n) is 4.44. The average Bonchev–Trinajstić information content (AvgIpc) is 2.70. The predicted octanol–water partition coefficient (Wildman–Crippen LogP) is 4.22. The Hall–Kier alpha value is -2.85. The molecular formula is C24H28N2O2. The van der Waals surface area contributed by atoms with Gasteiger partial charge in [-0.2, -0.15) is 0 Å². The summed E-state index contributed by atoms with van der Waals surface area (Å²) in [7, 11) is 0. The predicted molar refractivity (Wildman–Crippen MR) is 114 cm³/mol. The number of nitrogens with one attached hydrogen (secondary N) is 1. The van der Waals surface area contributed by atoms with E-state index in [4.69, 9.17) is 4.74 Å². The molecule has 146 valence electrons. The van der Waals surface area contributed by atoms with Crippen molar-refractivity contribution in [2.24, 2.45) is 5.92 Å². The molecule has 0 spiro atoms. The van der Waals surface area contributed by atoms with Crippen molar-refractivity contribution in [2.45, 2.75) is 33.5 Å². The van der Waals surface area contributed by atoms with Gasteiger partial charge in [0.25, 0.3) is 5.56 Å². The maximum atomic E-state index is 11.8. The molecule has 3 rings (SSSR count). The van der Waals surface area contributed by atoms with Crippen LogP contribution in [0, 0.1) is 5.92 Å². The van der Waals surface area contributed by atoms with Gasteiger partial charge < -0.3 is 14.6 Å². The monoisotopic (exact) mass is 376 g/mol. The van der Waals surface area contributed by atoms with Crippen LogP contribution in [-0.2, 0) is 19.6 Å². The summed E-state index contributed by atoms with van der Waals surface area (Å²) in [5, 5.41) is 3.47. The highest BCUT2D eigenvalue weighted by Gasteiger charge is 2.00. The first kappa shape index (κ1) is 19.9. The Morgan fingerprint density at radius 1 is 0.857 bits per heavy atom. The molecule has 0 unspecified atom stereocenters. The van der Waals surface area contributed by atoms with E-state index in [0.717, 1.165) is 31.0 Å². The molecule has 0 bridgehead atoms. The van der Waals surface area contributed by atoms with E-state index in [1.54, 1.807) is 16.7 Å². The molecule has 1 heterocycles. The third-order valence-corrected chi connectivity index (χ3v) is 4.44. The summed E-state index contributed by atoms with van der Waals surface area (Å²) in [4.78, 5) is 11.8. The fraction of sp³-hybridized carbons (Fsp3) is 0.292. The Morgan fingerprint density at radius 2 is 1.46 bits per heavy atom. The highest BCUT2D eigenvalue weighted by atomic mass is 16.5. The SMILES string of the molecule is CC(C)COc1ccc(CNCc2ccc(Cn3ccccc3=O)cc2)cc1. The second kappa shape index (κ2) is 9.90. The van der Waals surface area contributed by atoms with Gasteiger partial charge in [-0.05, 0) is 40.8 Å². The maximum Gasteiger partial charge on any atom is 0.250 e. The molecule has 2 aromatic carbocycles. The Balaban J connectivity index is 1.46. The summed E-state index contributed by atoms with van der Waals surface area (Å²) in [6, 6.07) is 21.9. The molecular weight excluding hydrogens is 348 g/mol. The van der Waals surface area contributed by atoms with Gasteiger partial charge in [0.15, 0.2) is 0 Å². The lowest BCUT2D eigenvalue weighted by Gasteiger charge is -2.10. The molecule has 0 aliphatic rings. The van der Waals surface area contributed by atoms with Crippen LogP contribution in [0.1, 0.15) is 30.5 Å². The van der Waals surface area contributed by atoms with Crippen LogP contribution in [-0.4, -0.2) is 11.2 Å². The lowest BCUT2D eigenvalue weighted by Crippen LogP contribution is -2.18. The van der Waals surface area contributed by atoms with Gasteiger partial charge in [0.1, 0.15) is 5.75 Å². The summed E-state index contributed by atoms with van der Waals surface area (Å²) >= 11 is 0. The lowest BCUT2D eigenvalue weighted by molar-refractivity contribution is 0.271. The fourth-order valence-electron chi connectivity index (χ4n) is 2.87. The molecule has 3 aromatic rings. The quantitative estimate of drug-likeness (QED) is 0.608. The Kier molecular flexibility index (Phi) is 7.04. The summed E-state index contributed by atoms with van der Waals surface area (Å²) in [6.45, 7) is 7.24. The molecule has 0 aliphatic heterocycles. The van der Waals surface area contributed by atoms with E-state index < -0.39 is 0 Å². The van der Waals surface area contributed by atoms with Gasteiger partial charge in [-0.1, -0.05) is 56.3 Å². The van der Waals surface area contributed by atoms with Gasteiger partial charge in [-0.15, -0.1) is 0 Å². The zero-order valence-corrected chi connectivity index (χ0v) is 16.6. The molecule has 0 saturated heterocycles. The zero-order chi connectivity index (χ0) is 19.8. The van der Waals surface area contributed by atoms with Crippen LogP contribution in [0.4, 0.5) is 0 Å². The van der Waals surface area contributed by atoms with Crippen molar-refractivity contribution in [2.75, 3.05) is 6.61 Å². The van der Waals surface area contributed by atoms with Crippen LogP contribution in [0.25, 0.3) is 0 Å². The molecule has 0 amide bonds. The first-order valence-corrected chi connectivity index (χ1v) is 9.76. The van der Waals surface area contributed by atoms with Crippen LogP contribution >= 0.6 is 0 Å². The largest absolute Gasteiger partial charge is 0.493 e. The normalized spacial score (nSPS) is 11.0. The number of ether oxygens (including phenoxy) is 1.